The molecule has 7 heteroatoms. The number of thioether (sulfide) groups is 1. The van der Waals surface area contributed by atoms with Crippen LogP contribution in [0.15, 0.2) is 76.8 Å². The highest BCUT2D eigenvalue weighted by Gasteiger charge is 2.14. The Kier molecular flexibility index (Phi) is 5.81. The van der Waals surface area contributed by atoms with Crippen LogP contribution in [0.5, 0.6) is 5.75 Å². The normalized spacial score (nSPS) is 11.6. The minimum absolute atomic E-state index is 0.107. The smallest absolute Gasteiger partial charge is 0.342 e. The molecule has 4 rings (SSSR count). The number of carboxylic acid groups (broad SMARTS) is 1. The first-order chi connectivity index (χ1) is 14.6. The van der Waals surface area contributed by atoms with Gasteiger partial charge in [-0.15, -0.1) is 5.10 Å². The molecule has 6 nitrogen and oxygen atoms in total. The van der Waals surface area contributed by atoms with Crippen LogP contribution in [-0.4, -0.2) is 26.3 Å². The van der Waals surface area contributed by atoms with E-state index in [2.05, 4.69) is 33.4 Å². The Morgan fingerprint density at radius 2 is 1.87 bits per heavy atom. The second-order valence-electron chi connectivity index (χ2n) is 6.58. The number of carbonyl (C=O) groups is 1. The first-order valence-electron chi connectivity index (χ1n) is 9.30. The molecule has 30 heavy (non-hydrogen) atoms. The number of para-hydroxylation sites is 1. The van der Waals surface area contributed by atoms with Gasteiger partial charge in [-0.25, -0.2) is 9.78 Å². The number of benzene rings is 3. The summed E-state index contributed by atoms with van der Waals surface area (Å²) in [6.07, 6.45) is 1.58. The number of ether oxygens (including phenoxy) is 1. The molecular weight excluding hydrogens is 398 g/mol. The van der Waals surface area contributed by atoms with Crippen molar-refractivity contribution in [3.05, 3.63) is 88.6 Å². The Morgan fingerprint density at radius 1 is 1.10 bits per heavy atom. The van der Waals surface area contributed by atoms with Gasteiger partial charge in [0, 0.05) is 5.56 Å². The van der Waals surface area contributed by atoms with Crippen LogP contribution in [0.1, 0.15) is 17.0 Å². The zero-order valence-corrected chi connectivity index (χ0v) is 17.0. The Bertz CT molecular complexity index is 1230. The van der Waals surface area contributed by atoms with Crippen LogP contribution in [-0.2, 0) is 11.4 Å². The topological polar surface area (TPSA) is 88.1 Å². The average Bonchev–Trinajstić information content (AvgIpc) is 3.17. The van der Waals surface area contributed by atoms with E-state index in [9.17, 15) is 9.90 Å². The minimum Gasteiger partial charge on any atom is -0.488 e. The maximum Gasteiger partial charge on any atom is 0.342 e. The van der Waals surface area contributed by atoms with Crippen LogP contribution in [0.25, 0.3) is 16.8 Å². The van der Waals surface area contributed by atoms with Gasteiger partial charge in [0.15, 0.2) is 0 Å². The molecule has 0 saturated heterocycles. The SMILES string of the molecule is Cc1nc(S/C(=C\c2ccccc2OCc2cccc3ccccc23)C(=O)O)n[nH]1. The summed E-state index contributed by atoms with van der Waals surface area (Å²) in [6.45, 7) is 2.14. The zero-order valence-electron chi connectivity index (χ0n) is 16.2. The molecule has 0 spiro atoms. The summed E-state index contributed by atoms with van der Waals surface area (Å²) in [5.74, 6) is 0.184. The summed E-state index contributed by atoms with van der Waals surface area (Å²) in [6, 6.07) is 21.6. The van der Waals surface area contributed by atoms with Crippen LogP contribution < -0.4 is 4.74 Å². The molecule has 0 radical (unpaired) electrons. The molecule has 0 aliphatic heterocycles. The number of nitrogens with zero attached hydrogens (tertiary/aromatic N) is 2. The van der Waals surface area contributed by atoms with Gasteiger partial charge in [-0.05, 0) is 47.2 Å². The molecular formula is C23H19N3O3S. The van der Waals surface area contributed by atoms with Crippen molar-refractivity contribution >= 4 is 34.6 Å². The second-order valence-corrected chi connectivity index (χ2v) is 7.59. The van der Waals surface area contributed by atoms with Gasteiger partial charge in [-0.2, -0.15) is 0 Å². The molecule has 0 atom stereocenters. The number of aryl methyl sites for hydroxylation is 1. The Morgan fingerprint density at radius 3 is 2.67 bits per heavy atom. The van der Waals surface area contributed by atoms with Gasteiger partial charge >= 0.3 is 5.97 Å². The molecule has 1 aromatic heterocycles. The molecule has 0 unspecified atom stereocenters. The molecule has 0 fully saturated rings. The number of carboxylic acids is 1. The average molecular weight is 417 g/mol. The maximum absolute atomic E-state index is 11.8. The van der Waals surface area contributed by atoms with Crippen LogP contribution in [0.3, 0.4) is 0 Å². The molecule has 0 bridgehead atoms. The summed E-state index contributed by atoms with van der Waals surface area (Å²) in [5, 5.41) is 19.0. The summed E-state index contributed by atoms with van der Waals surface area (Å²) in [5.41, 5.74) is 1.74. The quantitative estimate of drug-likeness (QED) is 0.323. The predicted octanol–water partition coefficient (Wildman–Crippen LogP) is 5.06. The number of aliphatic carboxylic acids is 1. The Labute approximate surface area is 177 Å². The number of aromatic nitrogens is 3. The third-order valence-corrected chi connectivity index (χ3v) is 5.33. The van der Waals surface area contributed by atoms with Crippen molar-refractivity contribution in [3.8, 4) is 5.75 Å². The van der Waals surface area contributed by atoms with E-state index in [-0.39, 0.29) is 4.91 Å². The lowest BCUT2D eigenvalue weighted by Gasteiger charge is -2.12. The molecule has 3 aromatic carbocycles. The minimum atomic E-state index is -1.05. The zero-order chi connectivity index (χ0) is 20.9. The highest BCUT2D eigenvalue weighted by Crippen LogP contribution is 2.30. The number of H-pyrrole nitrogens is 1. The van der Waals surface area contributed by atoms with Crippen molar-refractivity contribution in [2.75, 3.05) is 0 Å². The summed E-state index contributed by atoms with van der Waals surface area (Å²) in [7, 11) is 0. The van der Waals surface area contributed by atoms with E-state index in [1.807, 2.05) is 48.5 Å². The van der Waals surface area contributed by atoms with E-state index in [1.165, 1.54) is 0 Å². The lowest BCUT2D eigenvalue weighted by molar-refractivity contribution is -0.131. The lowest BCUT2D eigenvalue weighted by atomic mass is 10.1. The van der Waals surface area contributed by atoms with Crippen molar-refractivity contribution < 1.29 is 14.6 Å². The molecule has 0 saturated carbocycles. The van der Waals surface area contributed by atoms with Gasteiger partial charge in [0.2, 0.25) is 5.16 Å². The van der Waals surface area contributed by atoms with E-state index in [1.54, 1.807) is 13.0 Å². The number of hydrogen-bond donors (Lipinski definition) is 2. The van der Waals surface area contributed by atoms with Gasteiger partial charge in [-0.3, -0.25) is 5.10 Å². The van der Waals surface area contributed by atoms with Crippen molar-refractivity contribution in [2.24, 2.45) is 0 Å². The summed E-state index contributed by atoms with van der Waals surface area (Å²) >= 11 is 0.990. The number of aromatic amines is 1. The standard InChI is InChI=1S/C23H19N3O3S/c1-15-24-23(26-25-15)30-21(22(27)28)13-17-8-3-5-12-20(17)29-14-18-10-6-9-16-7-2-4-11-19(16)18/h2-13H,14H2,1H3,(H,27,28)(H,24,25,26)/b21-13-. The fourth-order valence-electron chi connectivity index (χ4n) is 3.05. The highest BCUT2D eigenvalue weighted by molar-refractivity contribution is 8.04. The number of hydrogen-bond acceptors (Lipinski definition) is 5. The van der Waals surface area contributed by atoms with Gasteiger partial charge < -0.3 is 9.84 Å². The van der Waals surface area contributed by atoms with Gasteiger partial charge in [0.1, 0.15) is 23.1 Å². The van der Waals surface area contributed by atoms with Gasteiger partial charge in [0.25, 0.3) is 0 Å². The van der Waals surface area contributed by atoms with Crippen LogP contribution in [0.2, 0.25) is 0 Å². The molecule has 0 amide bonds. The summed E-state index contributed by atoms with van der Waals surface area (Å²) in [4.78, 5) is 16.0. The number of nitrogens with one attached hydrogen (secondary N) is 1. The van der Waals surface area contributed by atoms with E-state index < -0.39 is 5.97 Å². The van der Waals surface area contributed by atoms with Crippen molar-refractivity contribution in [2.45, 2.75) is 18.7 Å². The molecule has 0 aliphatic carbocycles. The predicted molar refractivity (Wildman–Crippen MR) is 117 cm³/mol. The molecule has 1 heterocycles. The van der Waals surface area contributed by atoms with E-state index >= 15 is 0 Å². The van der Waals surface area contributed by atoms with E-state index in [4.69, 9.17) is 4.74 Å². The van der Waals surface area contributed by atoms with E-state index in [0.29, 0.717) is 28.9 Å². The van der Waals surface area contributed by atoms with E-state index in [0.717, 1.165) is 28.1 Å². The fourth-order valence-corrected chi connectivity index (χ4v) is 3.79. The lowest BCUT2D eigenvalue weighted by Crippen LogP contribution is -2.00. The summed E-state index contributed by atoms with van der Waals surface area (Å²) < 4.78 is 6.08. The first kappa shape index (κ1) is 19.7. The Balaban J connectivity index is 1.60. The number of rotatable bonds is 7. The van der Waals surface area contributed by atoms with Crippen molar-refractivity contribution in [3.63, 3.8) is 0 Å². The Hall–Kier alpha value is -3.58. The molecule has 0 aliphatic rings. The monoisotopic (exact) mass is 417 g/mol. The first-order valence-corrected chi connectivity index (χ1v) is 10.1. The third kappa shape index (κ3) is 4.52. The van der Waals surface area contributed by atoms with Gasteiger partial charge in [0.05, 0.1) is 0 Å². The maximum atomic E-state index is 11.8. The van der Waals surface area contributed by atoms with Crippen molar-refractivity contribution in [1.82, 2.24) is 15.2 Å². The number of fused-ring (bicyclic) bond motifs is 1. The molecule has 150 valence electrons. The van der Waals surface area contributed by atoms with Crippen LogP contribution >= 0.6 is 11.8 Å². The third-order valence-electron chi connectivity index (χ3n) is 4.46. The largest absolute Gasteiger partial charge is 0.488 e. The fraction of sp³-hybridized carbons (Fsp3) is 0.0870. The van der Waals surface area contributed by atoms with Crippen LogP contribution in [0, 0.1) is 6.92 Å². The molecule has 4 aromatic rings. The highest BCUT2D eigenvalue weighted by atomic mass is 32.2. The van der Waals surface area contributed by atoms with Gasteiger partial charge in [-0.1, -0.05) is 60.7 Å². The van der Waals surface area contributed by atoms with Crippen molar-refractivity contribution in [1.29, 1.82) is 0 Å². The molecule has 2 N–H and O–H groups in total. The second kappa shape index (κ2) is 8.84. The van der Waals surface area contributed by atoms with Crippen LogP contribution in [0.4, 0.5) is 0 Å².